The molecule has 0 saturated carbocycles. The summed E-state index contributed by atoms with van der Waals surface area (Å²) in [7, 11) is 0. The molecule has 0 amide bonds. The molecular formula is C29H41N3O. The Labute approximate surface area is 200 Å². The smallest absolute Gasteiger partial charge is 0.130 e. The summed E-state index contributed by atoms with van der Waals surface area (Å²) in [5, 5.41) is 12.0. The molecule has 0 fully saturated rings. The maximum absolute atomic E-state index is 11.1. The number of nitrogens with zero attached hydrogens (tertiary/aromatic N) is 1. The summed E-state index contributed by atoms with van der Waals surface area (Å²) in [5.74, 6) is 0.230. The van der Waals surface area contributed by atoms with Crippen molar-refractivity contribution in [2.24, 2.45) is 0 Å². The highest BCUT2D eigenvalue weighted by atomic mass is 16.1. The van der Waals surface area contributed by atoms with Gasteiger partial charge in [0.2, 0.25) is 0 Å². The molecule has 0 unspecified atom stereocenters. The summed E-state index contributed by atoms with van der Waals surface area (Å²) in [5.41, 5.74) is 5.72. The second kappa shape index (κ2) is 18.3. The Bertz CT molecular complexity index is 978. The lowest BCUT2D eigenvalue weighted by Crippen LogP contribution is -2.00. The maximum atomic E-state index is 11.1. The number of hydrogen-bond acceptors (Lipinski definition) is 3. The van der Waals surface area contributed by atoms with Crippen LogP contribution in [0.2, 0.25) is 0 Å². The highest BCUT2D eigenvalue weighted by Gasteiger charge is 2.04. The first-order chi connectivity index (χ1) is 15.9. The molecule has 178 valence electrons. The predicted molar refractivity (Wildman–Crippen MR) is 143 cm³/mol. The van der Waals surface area contributed by atoms with Crippen LogP contribution < -0.4 is 5.32 Å². The third-order valence-corrected chi connectivity index (χ3v) is 4.41. The van der Waals surface area contributed by atoms with Crippen molar-refractivity contribution in [2.75, 3.05) is 5.32 Å². The summed E-state index contributed by atoms with van der Waals surface area (Å²) < 4.78 is 0. The lowest BCUT2D eigenvalue weighted by molar-refractivity contribution is -0.116. The molecule has 4 heteroatoms. The molecule has 0 aliphatic rings. The minimum absolute atomic E-state index is 0.230. The van der Waals surface area contributed by atoms with Crippen LogP contribution in [0.15, 0.2) is 67.0 Å². The maximum Gasteiger partial charge on any atom is 0.130 e. The van der Waals surface area contributed by atoms with Crippen molar-refractivity contribution in [3.63, 3.8) is 0 Å². The number of aromatic amines is 1. The van der Waals surface area contributed by atoms with Gasteiger partial charge in [-0.3, -0.25) is 0 Å². The van der Waals surface area contributed by atoms with Crippen molar-refractivity contribution in [3.8, 4) is 6.07 Å². The van der Waals surface area contributed by atoms with Gasteiger partial charge in [-0.15, -0.1) is 0 Å². The molecule has 0 aliphatic heterocycles. The molecule has 3 rings (SSSR count). The number of benzene rings is 2. The Kier molecular flexibility index (Phi) is 16.4. The van der Waals surface area contributed by atoms with Crippen molar-refractivity contribution in [1.29, 1.82) is 5.26 Å². The SMILES string of the molecule is C=C(CCc1c[nH]c2ccccc12)Nc1ccc(CCC(C)=O)cc1.CC.CC#N.CCC. The largest absolute Gasteiger partial charge is 0.361 e. The van der Waals surface area contributed by atoms with Gasteiger partial charge in [-0.25, -0.2) is 0 Å². The fourth-order valence-corrected chi connectivity index (χ4v) is 2.97. The molecule has 0 atom stereocenters. The predicted octanol–water partition coefficient (Wildman–Crippen LogP) is 8.22. The first kappa shape index (κ1) is 29.7. The number of para-hydroxylation sites is 1. The van der Waals surface area contributed by atoms with Gasteiger partial charge in [0.25, 0.3) is 0 Å². The number of hydrogen-bond donors (Lipinski definition) is 2. The monoisotopic (exact) mass is 447 g/mol. The quantitative estimate of drug-likeness (QED) is 0.365. The average molecular weight is 448 g/mol. The van der Waals surface area contributed by atoms with E-state index in [1.807, 2.05) is 32.0 Å². The van der Waals surface area contributed by atoms with Gasteiger partial charge in [0.05, 0.1) is 6.07 Å². The Hall–Kier alpha value is -3.32. The molecule has 4 nitrogen and oxygen atoms in total. The molecular weight excluding hydrogens is 406 g/mol. The first-order valence-corrected chi connectivity index (χ1v) is 11.8. The third-order valence-electron chi connectivity index (χ3n) is 4.41. The highest BCUT2D eigenvalue weighted by molar-refractivity contribution is 5.83. The van der Waals surface area contributed by atoms with Crippen LogP contribution in [0.1, 0.15) is 71.9 Å². The molecule has 0 saturated heterocycles. The van der Waals surface area contributed by atoms with Crippen LogP contribution in [0.5, 0.6) is 0 Å². The topological polar surface area (TPSA) is 68.7 Å². The van der Waals surface area contributed by atoms with Crippen molar-refractivity contribution in [1.82, 2.24) is 4.98 Å². The minimum atomic E-state index is 0.230. The standard InChI is InChI=1S/C22H24N2O.C3H8.C2H3N.C2H6/c1-16(7-12-19-15-23-22-6-4-3-5-21(19)22)24-20-13-10-18(11-14-20)9-8-17(2)25;1-3-2;1-2-3;1-2/h3-6,10-11,13-15,23-24H,1,7-9,12H2,2H3;3H2,1-2H3;1H3;1-2H3. The van der Waals surface area contributed by atoms with Gasteiger partial charge in [-0.05, 0) is 55.5 Å². The zero-order valence-corrected chi connectivity index (χ0v) is 21.3. The number of nitriles is 1. The number of carbonyl (C=O) groups is 1. The van der Waals surface area contributed by atoms with E-state index < -0.39 is 0 Å². The third kappa shape index (κ3) is 12.3. The van der Waals surface area contributed by atoms with Crippen molar-refractivity contribution < 1.29 is 4.79 Å². The lowest BCUT2D eigenvalue weighted by Gasteiger charge is -2.10. The van der Waals surface area contributed by atoms with E-state index in [0.29, 0.717) is 6.42 Å². The zero-order chi connectivity index (χ0) is 25.1. The second-order valence-corrected chi connectivity index (χ2v) is 7.42. The molecule has 0 radical (unpaired) electrons. The van der Waals surface area contributed by atoms with E-state index in [9.17, 15) is 4.79 Å². The van der Waals surface area contributed by atoms with Crippen LogP contribution >= 0.6 is 0 Å². The number of fused-ring (bicyclic) bond motifs is 1. The van der Waals surface area contributed by atoms with E-state index in [4.69, 9.17) is 5.26 Å². The minimum Gasteiger partial charge on any atom is -0.361 e. The van der Waals surface area contributed by atoms with Gasteiger partial charge < -0.3 is 15.1 Å². The number of Topliss-reactive ketones (excluding diaryl/α,β-unsaturated/α-hetero) is 1. The Morgan fingerprint density at radius 3 is 2.18 bits per heavy atom. The van der Waals surface area contributed by atoms with Crippen LogP contribution in [-0.4, -0.2) is 10.8 Å². The van der Waals surface area contributed by atoms with E-state index in [-0.39, 0.29) is 5.78 Å². The van der Waals surface area contributed by atoms with Gasteiger partial charge in [-0.2, -0.15) is 5.26 Å². The summed E-state index contributed by atoms with van der Waals surface area (Å²) in [6.45, 7) is 15.5. The van der Waals surface area contributed by atoms with Crippen LogP contribution in [0.3, 0.4) is 0 Å². The molecule has 1 aromatic heterocycles. The van der Waals surface area contributed by atoms with Gasteiger partial charge in [0, 0.05) is 41.8 Å². The number of aromatic nitrogens is 1. The number of H-pyrrole nitrogens is 1. The number of nitrogens with one attached hydrogen (secondary N) is 2. The Morgan fingerprint density at radius 2 is 1.61 bits per heavy atom. The van der Waals surface area contributed by atoms with Gasteiger partial charge in [0.1, 0.15) is 5.78 Å². The van der Waals surface area contributed by atoms with E-state index in [1.165, 1.54) is 35.4 Å². The summed E-state index contributed by atoms with van der Waals surface area (Å²) in [6.07, 6.45) is 6.57. The summed E-state index contributed by atoms with van der Waals surface area (Å²) in [4.78, 5) is 14.4. The number of ketones is 1. The van der Waals surface area contributed by atoms with Gasteiger partial charge in [-0.1, -0.05) is 71.0 Å². The molecule has 0 aliphatic carbocycles. The van der Waals surface area contributed by atoms with E-state index in [0.717, 1.165) is 30.6 Å². The van der Waals surface area contributed by atoms with Gasteiger partial charge in [0.15, 0.2) is 0 Å². The van der Waals surface area contributed by atoms with Crippen LogP contribution in [0, 0.1) is 11.3 Å². The molecule has 0 bridgehead atoms. The zero-order valence-electron chi connectivity index (χ0n) is 21.3. The van der Waals surface area contributed by atoms with Crippen molar-refractivity contribution in [2.45, 2.75) is 73.6 Å². The number of carbonyl (C=O) groups excluding carboxylic acids is 1. The second-order valence-electron chi connectivity index (χ2n) is 7.42. The fraction of sp³-hybridized carbons (Fsp3) is 0.379. The van der Waals surface area contributed by atoms with Crippen LogP contribution in [0.25, 0.3) is 10.9 Å². The van der Waals surface area contributed by atoms with E-state index in [2.05, 4.69) is 67.3 Å². The Balaban J connectivity index is 0.00000113. The Morgan fingerprint density at radius 1 is 1.03 bits per heavy atom. The number of rotatable bonds is 8. The molecule has 3 aromatic rings. The number of anilines is 1. The number of allylic oxidation sites excluding steroid dienone is 1. The summed E-state index contributed by atoms with van der Waals surface area (Å²) in [6, 6.07) is 18.3. The normalized spacial score (nSPS) is 9.12. The molecule has 1 heterocycles. The first-order valence-electron chi connectivity index (χ1n) is 11.8. The van der Waals surface area contributed by atoms with Crippen LogP contribution in [-0.2, 0) is 17.6 Å². The average Bonchev–Trinajstić information content (AvgIpc) is 3.23. The lowest BCUT2D eigenvalue weighted by atomic mass is 10.1. The molecule has 2 N–H and O–H groups in total. The summed E-state index contributed by atoms with van der Waals surface area (Å²) >= 11 is 0. The van der Waals surface area contributed by atoms with E-state index in [1.54, 1.807) is 13.0 Å². The van der Waals surface area contributed by atoms with Gasteiger partial charge >= 0.3 is 0 Å². The fourth-order valence-electron chi connectivity index (χ4n) is 2.97. The van der Waals surface area contributed by atoms with E-state index >= 15 is 0 Å². The molecule has 2 aromatic carbocycles. The number of aryl methyl sites for hydroxylation is 2. The molecule has 0 spiro atoms. The van der Waals surface area contributed by atoms with Crippen molar-refractivity contribution >= 4 is 22.4 Å². The highest BCUT2D eigenvalue weighted by Crippen LogP contribution is 2.21. The van der Waals surface area contributed by atoms with Crippen molar-refractivity contribution in [3.05, 3.63) is 78.1 Å². The van der Waals surface area contributed by atoms with Crippen LogP contribution in [0.4, 0.5) is 5.69 Å². The molecule has 33 heavy (non-hydrogen) atoms.